The van der Waals surface area contributed by atoms with Crippen LogP contribution in [0.5, 0.6) is 0 Å². The van der Waals surface area contributed by atoms with Gasteiger partial charge in [-0.2, -0.15) is 0 Å². The Balaban J connectivity index is 0.000000130. The van der Waals surface area contributed by atoms with E-state index in [-0.39, 0.29) is 18.5 Å². The predicted molar refractivity (Wildman–Crippen MR) is 372 cm³/mol. The third-order valence-corrected chi connectivity index (χ3v) is 17.6. The van der Waals surface area contributed by atoms with E-state index in [9.17, 15) is 0 Å². The normalized spacial score (nSPS) is 15.7. The number of aryl methyl sites for hydroxylation is 3. The van der Waals surface area contributed by atoms with Gasteiger partial charge in [0, 0.05) is 33.9 Å². The monoisotopic (exact) mass is 1140 g/mol. The fraction of sp³-hybridized carbons (Fsp3) is 0.185. The molecule has 6 heteroatoms. The molecule has 0 saturated heterocycles. The van der Waals surface area contributed by atoms with Crippen LogP contribution in [-0.4, -0.2) is 18.5 Å². The minimum absolute atomic E-state index is 0.0980. The number of fused-ring (bicyclic) bond motifs is 3. The maximum atomic E-state index is 2.56. The van der Waals surface area contributed by atoms with Gasteiger partial charge >= 0.3 is 0 Å². The molecule has 0 saturated carbocycles. The zero-order chi connectivity index (χ0) is 60.3. The van der Waals surface area contributed by atoms with Gasteiger partial charge in [-0.15, -0.1) is 0 Å². The van der Waals surface area contributed by atoms with Crippen LogP contribution in [0, 0.1) is 20.8 Å². The minimum Gasteiger partial charge on any atom is -0.319 e. The Kier molecular flexibility index (Phi) is 16.6. The first-order valence-electron chi connectivity index (χ1n) is 31.0. The molecule has 14 rings (SSSR count). The number of hydrogen-bond acceptors (Lipinski definition) is 6. The average Bonchev–Trinajstić information content (AvgIpc) is 2.08. The lowest BCUT2D eigenvalue weighted by atomic mass is 9.91. The number of rotatable bonds is 10. The van der Waals surface area contributed by atoms with Crippen molar-refractivity contribution in [3.05, 3.63) is 301 Å². The average molecular weight is 1140 g/mol. The van der Waals surface area contributed by atoms with Gasteiger partial charge in [-0.25, -0.2) is 0 Å². The largest absolute Gasteiger partial charge is 0.319 e. The highest BCUT2D eigenvalue weighted by molar-refractivity contribution is 6.00. The predicted octanol–water partition coefficient (Wildman–Crippen LogP) is 22.5. The van der Waals surface area contributed by atoms with E-state index in [0.717, 1.165) is 0 Å². The zero-order valence-electron chi connectivity index (χ0n) is 52.1. The quantitative estimate of drug-likeness (QED) is 0.135. The number of anilines is 12. The van der Waals surface area contributed by atoms with Gasteiger partial charge < -0.3 is 29.4 Å². The van der Waals surface area contributed by atoms with Crippen LogP contribution in [0.4, 0.5) is 68.2 Å². The van der Waals surface area contributed by atoms with Crippen molar-refractivity contribution in [2.24, 2.45) is 0 Å². The summed E-state index contributed by atoms with van der Waals surface area (Å²) < 4.78 is 0. The lowest BCUT2D eigenvalue weighted by Crippen LogP contribution is -2.36. The molecule has 11 aromatic carbocycles. The molecule has 3 atom stereocenters. The summed E-state index contributed by atoms with van der Waals surface area (Å²) >= 11 is 0. The SMILES string of the molecule is Cc1ccccc1N1c2ccccc2N(c2c(-c3ccccc3)cccc2-c2ccccc2)[C@@H]1C.Cc1ccccc1N1c2ccccc2N(c2c(C(C)C)cccc2C(C)C)[C@@H]1C.Cc1ccccc1N1c2ccccc2N(c2ccccc2)[C@@H]1C. The van der Waals surface area contributed by atoms with Gasteiger partial charge in [-0.3, -0.25) is 0 Å². The summed E-state index contributed by atoms with van der Waals surface area (Å²) in [6.07, 6.45) is 0.530. The highest BCUT2D eigenvalue weighted by Crippen LogP contribution is 2.55. The van der Waals surface area contributed by atoms with Gasteiger partial charge in [0.2, 0.25) is 0 Å². The molecule has 3 aliphatic heterocycles. The van der Waals surface area contributed by atoms with E-state index in [4.69, 9.17) is 0 Å². The Labute approximate surface area is 517 Å². The van der Waals surface area contributed by atoms with E-state index in [2.05, 4.69) is 372 Å². The third kappa shape index (κ3) is 10.9. The number of nitrogens with zero attached hydrogens (tertiary/aromatic N) is 6. The zero-order valence-corrected chi connectivity index (χ0v) is 52.1. The molecule has 0 radical (unpaired) electrons. The summed E-state index contributed by atoms with van der Waals surface area (Å²) in [4.78, 5) is 14.9. The Morgan fingerprint density at radius 3 is 0.851 bits per heavy atom. The van der Waals surface area contributed by atoms with E-state index in [1.165, 1.54) is 118 Å². The van der Waals surface area contributed by atoms with Crippen molar-refractivity contribution in [3.63, 3.8) is 0 Å². The minimum atomic E-state index is 0.0980. The van der Waals surface area contributed by atoms with Gasteiger partial charge in [0.1, 0.15) is 18.5 Å². The molecule has 87 heavy (non-hydrogen) atoms. The van der Waals surface area contributed by atoms with Crippen molar-refractivity contribution < 1.29 is 0 Å². The third-order valence-electron chi connectivity index (χ3n) is 17.6. The Bertz CT molecular complexity index is 4070. The molecular weight excluding hydrogens is 1060 g/mol. The molecule has 0 fully saturated rings. The smallest absolute Gasteiger partial charge is 0.108 e. The van der Waals surface area contributed by atoms with Crippen LogP contribution < -0.4 is 29.4 Å². The van der Waals surface area contributed by atoms with Gasteiger partial charge in [-0.05, 0) is 159 Å². The maximum Gasteiger partial charge on any atom is 0.108 e. The van der Waals surface area contributed by atoms with Crippen molar-refractivity contribution >= 4 is 68.2 Å². The number of benzene rings is 11. The van der Waals surface area contributed by atoms with E-state index < -0.39 is 0 Å². The Morgan fingerprint density at radius 2 is 0.506 bits per heavy atom. The molecule has 0 N–H and O–H groups in total. The van der Waals surface area contributed by atoms with Crippen LogP contribution in [0.1, 0.15) is 88.1 Å². The molecule has 0 bridgehead atoms. The van der Waals surface area contributed by atoms with Gasteiger partial charge in [0.25, 0.3) is 0 Å². The molecule has 0 spiro atoms. The second-order valence-electron chi connectivity index (χ2n) is 23.8. The van der Waals surface area contributed by atoms with Crippen molar-refractivity contribution in [2.75, 3.05) is 29.4 Å². The Hall–Kier alpha value is -9.78. The van der Waals surface area contributed by atoms with E-state index in [0.29, 0.717) is 11.8 Å². The molecule has 3 heterocycles. The molecule has 11 aromatic rings. The summed E-state index contributed by atoms with van der Waals surface area (Å²) in [6, 6.07) is 97.8. The van der Waals surface area contributed by atoms with Crippen LogP contribution in [0.25, 0.3) is 22.3 Å². The van der Waals surface area contributed by atoms with Crippen LogP contribution in [0.15, 0.2) is 273 Å². The fourth-order valence-corrected chi connectivity index (χ4v) is 13.5. The standard InChI is InChI=1S/C33H28N2.C27H32N2.C21H20N2/c1-24-14-9-10-21-30(24)34-25(2)35(32-23-12-11-22-31(32)34)33-28(26-15-5-3-6-16-26)19-13-20-29(33)27-17-7-4-8-18-27;1-18(2)22-13-11-14-23(19(3)4)27(22)29-21(6)28(24-15-8-7-12-20(24)5)25-16-9-10-17-26(25)29;1-16-10-6-7-13-19(16)23-17(2)22(18-11-4-3-5-12-18)20-14-8-9-15-21(20)23/h3-23,25H,1-2H3;7-19,21H,1-6H3;3-15,17H,1-2H3/t25-;21-;17-/m110/s1. The van der Waals surface area contributed by atoms with Crippen molar-refractivity contribution in [2.45, 2.75) is 99.6 Å². The first kappa shape index (κ1) is 57.6. The molecular formula is C81H80N6. The lowest BCUT2D eigenvalue weighted by Gasteiger charge is -2.35. The summed E-state index contributed by atoms with van der Waals surface area (Å²) in [6.45, 7) is 22.7. The molecule has 434 valence electrons. The first-order valence-corrected chi connectivity index (χ1v) is 31.0. The molecule has 0 aromatic heterocycles. The number of para-hydroxylation sites is 12. The fourth-order valence-electron chi connectivity index (χ4n) is 13.5. The Morgan fingerprint density at radius 1 is 0.241 bits per heavy atom. The summed E-state index contributed by atoms with van der Waals surface area (Å²) in [5.74, 6) is 0.936. The van der Waals surface area contributed by atoms with Crippen molar-refractivity contribution in [1.29, 1.82) is 0 Å². The summed E-state index contributed by atoms with van der Waals surface area (Å²) in [5, 5.41) is 0. The van der Waals surface area contributed by atoms with Gasteiger partial charge in [0.05, 0.1) is 45.5 Å². The van der Waals surface area contributed by atoms with Crippen LogP contribution in [-0.2, 0) is 0 Å². The van der Waals surface area contributed by atoms with Crippen molar-refractivity contribution in [3.8, 4) is 22.3 Å². The number of hydrogen-bond donors (Lipinski definition) is 0. The van der Waals surface area contributed by atoms with E-state index in [1.54, 1.807) is 0 Å². The molecule has 0 amide bonds. The van der Waals surface area contributed by atoms with E-state index in [1.807, 2.05) is 0 Å². The summed E-state index contributed by atoms with van der Waals surface area (Å²) in [7, 11) is 0. The second kappa shape index (κ2) is 25.0. The lowest BCUT2D eigenvalue weighted by molar-refractivity contribution is 0.736. The van der Waals surface area contributed by atoms with Gasteiger partial charge in [0.15, 0.2) is 0 Å². The first-order chi connectivity index (χ1) is 42.4. The maximum absolute atomic E-state index is 2.56. The highest BCUT2D eigenvalue weighted by atomic mass is 15.4. The summed E-state index contributed by atoms with van der Waals surface area (Å²) in [5.41, 5.74) is 26.8. The van der Waals surface area contributed by atoms with E-state index >= 15 is 0 Å². The highest BCUT2D eigenvalue weighted by Gasteiger charge is 2.40. The molecule has 3 aliphatic rings. The second-order valence-corrected chi connectivity index (χ2v) is 23.8. The molecule has 6 nitrogen and oxygen atoms in total. The van der Waals surface area contributed by atoms with Crippen LogP contribution in [0.3, 0.4) is 0 Å². The van der Waals surface area contributed by atoms with Crippen LogP contribution in [0.2, 0.25) is 0 Å². The van der Waals surface area contributed by atoms with Crippen LogP contribution >= 0.6 is 0 Å². The molecule has 0 unspecified atom stereocenters. The van der Waals surface area contributed by atoms with Crippen molar-refractivity contribution in [1.82, 2.24) is 0 Å². The molecule has 0 aliphatic carbocycles. The topological polar surface area (TPSA) is 19.4 Å². The van der Waals surface area contributed by atoms with Gasteiger partial charge in [-0.1, -0.05) is 234 Å².